The van der Waals surface area contributed by atoms with E-state index in [0.29, 0.717) is 0 Å². The van der Waals surface area contributed by atoms with Gasteiger partial charge in [-0.25, -0.2) is 22.5 Å². The second-order valence-electron chi connectivity index (χ2n) is 9.84. The van der Waals surface area contributed by atoms with E-state index in [1.54, 1.807) is 0 Å². The number of halogens is 2. The molecule has 0 saturated carbocycles. The standard InChI is InChI=1S/2C10H19OSi2.2ClH.Zr/c2*1-12(2,3)11-13(4,5)10-8-6-7-9-10;;;/h2*6,8H,7H2,1-5H3;2*1H;/q2*-1;;;+4/p-2. The molecule has 0 unspecified atom stereocenters. The van der Waals surface area contributed by atoms with Gasteiger partial charge in [-0.2, -0.15) is 12.2 Å². The van der Waals surface area contributed by atoms with Crippen molar-refractivity contribution in [3.05, 3.63) is 46.8 Å². The SMILES string of the molecule is C[Si](C)(C)O[Si](C)(C)C1=[C-]CC=C1.C[Si](C)(C)O[Si](C)(C)C1=[C-]CC=C1.[Cl-].[Cl-].[Zr+4]. The predicted octanol–water partition coefficient (Wildman–Crippen LogP) is 0.549. The van der Waals surface area contributed by atoms with Gasteiger partial charge in [0.05, 0.1) is 0 Å². The molecule has 0 amide bonds. The zero-order valence-electron chi connectivity index (χ0n) is 19.8. The van der Waals surface area contributed by atoms with Crippen molar-refractivity contribution < 1.29 is 59.2 Å². The van der Waals surface area contributed by atoms with Gasteiger partial charge < -0.3 is 33.0 Å². The average Bonchev–Trinajstić information content (AvgIpc) is 3.09. The fraction of sp³-hybridized carbons (Fsp3) is 0.600. The Balaban J connectivity index is -0.000000422. The second kappa shape index (κ2) is 13.7. The third kappa shape index (κ3) is 14.1. The van der Waals surface area contributed by atoms with E-state index in [2.05, 4.69) is 102 Å². The number of hydrogen-bond acceptors (Lipinski definition) is 2. The van der Waals surface area contributed by atoms with Crippen LogP contribution in [0.25, 0.3) is 0 Å². The first-order valence-corrected chi connectivity index (χ1v) is 22.2. The molecule has 0 aromatic carbocycles. The molecule has 0 aromatic rings. The van der Waals surface area contributed by atoms with Crippen LogP contribution >= 0.6 is 0 Å². The van der Waals surface area contributed by atoms with Gasteiger partial charge in [0.15, 0.2) is 33.3 Å². The Morgan fingerprint density at radius 1 is 0.621 bits per heavy atom. The fourth-order valence-corrected chi connectivity index (χ4v) is 18.5. The van der Waals surface area contributed by atoms with Gasteiger partial charge >= 0.3 is 26.2 Å². The smallest absolute Gasteiger partial charge is 1.00 e. The Morgan fingerprint density at radius 3 is 1.07 bits per heavy atom. The first-order chi connectivity index (χ1) is 11.6. The molecule has 0 radical (unpaired) electrons. The fourth-order valence-electron chi connectivity index (χ4n) is 3.28. The summed E-state index contributed by atoms with van der Waals surface area (Å²) in [4.78, 5) is 0. The van der Waals surface area contributed by atoms with E-state index in [-0.39, 0.29) is 51.0 Å². The molecule has 2 rings (SSSR count). The van der Waals surface area contributed by atoms with Crippen LogP contribution in [0.4, 0.5) is 0 Å². The Morgan fingerprint density at radius 2 is 0.897 bits per heavy atom. The van der Waals surface area contributed by atoms with Gasteiger partial charge in [-0.3, -0.25) is 12.2 Å². The third-order valence-corrected chi connectivity index (χ3v) is 16.1. The van der Waals surface area contributed by atoms with Crippen molar-refractivity contribution in [1.82, 2.24) is 0 Å². The van der Waals surface area contributed by atoms with Crippen molar-refractivity contribution in [3.63, 3.8) is 0 Å². The minimum atomic E-state index is -1.63. The molecule has 0 bridgehead atoms. The van der Waals surface area contributed by atoms with Gasteiger partial charge in [-0.1, -0.05) is 0 Å². The molecule has 29 heavy (non-hydrogen) atoms. The summed E-state index contributed by atoms with van der Waals surface area (Å²) in [5.74, 6) is 0. The van der Waals surface area contributed by atoms with Gasteiger partial charge in [0.2, 0.25) is 0 Å². The van der Waals surface area contributed by atoms with Gasteiger partial charge in [-0.15, -0.1) is 12.8 Å². The normalized spacial score (nSPS) is 15.9. The Hall–Kier alpha value is 1.21. The maximum Gasteiger partial charge on any atom is 4.00 e. The summed E-state index contributed by atoms with van der Waals surface area (Å²) in [6, 6.07) is 0. The summed E-state index contributed by atoms with van der Waals surface area (Å²) >= 11 is 0. The van der Waals surface area contributed by atoms with E-state index in [4.69, 9.17) is 8.23 Å². The number of hydrogen-bond donors (Lipinski definition) is 0. The Kier molecular flexibility index (Phi) is 16.4. The molecule has 0 aliphatic heterocycles. The van der Waals surface area contributed by atoms with Crippen LogP contribution in [0, 0.1) is 12.2 Å². The van der Waals surface area contributed by atoms with Crippen LogP contribution < -0.4 is 24.8 Å². The molecule has 0 saturated heterocycles. The molecule has 2 nitrogen and oxygen atoms in total. The molecule has 0 spiro atoms. The molecule has 0 atom stereocenters. The van der Waals surface area contributed by atoms with Crippen molar-refractivity contribution >= 4 is 33.3 Å². The van der Waals surface area contributed by atoms with E-state index in [1.807, 2.05) is 0 Å². The zero-order chi connectivity index (χ0) is 20.2. The first kappa shape index (κ1) is 34.8. The summed E-state index contributed by atoms with van der Waals surface area (Å²) in [5, 5.41) is 2.69. The van der Waals surface area contributed by atoms with Crippen molar-refractivity contribution in [2.75, 3.05) is 0 Å². The molecule has 0 aromatic heterocycles. The quantitative estimate of drug-likeness (QED) is 0.336. The van der Waals surface area contributed by atoms with Crippen LogP contribution in [0.5, 0.6) is 0 Å². The summed E-state index contributed by atoms with van der Waals surface area (Å²) in [6.45, 7) is 22.6. The van der Waals surface area contributed by atoms with Crippen LogP contribution in [0.1, 0.15) is 12.8 Å². The summed E-state index contributed by atoms with van der Waals surface area (Å²) < 4.78 is 12.5. The van der Waals surface area contributed by atoms with Crippen molar-refractivity contribution in [1.29, 1.82) is 0 Å². The van der Waals surface area contributed by atoms with E-state index in [9.17, 15) is 0 Å². The zero-order valence-corrected chi connectivity index (χ0v) is 27.8. The Labute approximate surface area is 216 Å². The van der Waals surface area contributed by atoms with E-state index < -0.39 is 33.3 Å². The summed E-state index contributed by atoms with van der Waals surface area (Å²) in [5.41, 5.74) is 0. The molecule has 9 heteroatoms. The third-order valence-electron chi connectivity index (χ3n) is 3.81. The van der Waals surface area contributed by atoms with Crippen LogP contribution in [0.15, 0.2) is 34.7 Å². The largest absolute Gasteiger partial charge is 4.00 e. The maximum atomic E-state index is 6.24. The van der Waals surface area contributed by atoms with E-state index >= 15 is 0 Å². The van der Waals surface area contributed by atoms with Crippen LogP contribution in [-0.4, -0.2) is 33.3 Å². The van der Waals surface area contributed by atoms with Gasteiger partial charge in [0, 0.05) is 0 Å². The number of rotatable bonds is 6. The molecule has 0 N–H and O–H groups in total. The molecule has 2 aliphatic carbocycles. The van der Waals surface area contributed by atoms with Crippen LogP contribution in [-0.2, 0) is 34.4 Å². The second-order valence-corrected chi connectivity index (χ2v) is 27.0. The Bertz CT molecular complexity index is 563. The van der Waals surface area contributed by atoms with Gasteiger partial charge in [0.1, 0.15) is 0 Å². The predicted molar refractivity (Wildman–Crippen MR) is 125 cm³/mol. The minimum absolute atomic E-state index is 0. The van der Waals surface area contributed by atoms with Crippen LogP contribution in [0.2, 0.25) is 65.5 Å². The summed E-state index contributed by atoms with van der Waals surface area (Å²) in [7, 11) is -6.04. The van der Waals surface area contributed by atoms with Crippen molar-refractivity contribution in [3.8, 4) is 0 Å². The molecule has 164 valence electrons. The molecule has 2 aliphatic rings. The molecule has 0 fully saturated rings. The monoisotopic (exact) mass is 582 g/mol. The topological polar surface area (TPSA) is 18.5 Å². The molecular weight excluding hydrogens is 547 g/mol. The van der Waals surface area contributed by atoms with Crippen LogP contribution in [0.3, 0.4) is 0 Å². The van der Waals surface area contributed by atoms with Gasteiger partial charge in [-0.05, 0) is 65.5 Å². The van der Waals surface area contributed by atoms with Crippen molar-refractivity contribution in [2.24, 2.45) is 0 Å². The first-order valence-electron chi connectivity index (χ1n) is 9.58. The van der Waals surface area contributed by atoms with Gasteiger partial charge in [0.25, 0.3) is 0 Å². The minimum Gasteiger partial charge on any atom is -1.00 e. The molecular formula is C20H38Cl2O2Si4Zr. The van der Waals surface area contributed by atoms with E-state index in [1.165, 1.54) is 10.4 Å². The van der Waals surface area contributed by atoms with Crippen molar-refractivity contribution in [2.45, 2.75) is 78.3 Å². The maximum absolute atomic E-state index is 6.24. The summed E-state index contributed by atoms with van der Waals surface area (Å²) in [6.07, 6.45) is 17.4. The van der Waals surface area contributed by atoms with E-state index in [0.717, 1.165) is 12.8 Å². The number of allylic oxidation sites excluding steroid dienone is 8. The molecule has 0 heterocycles. The average molecular weight is 585 g/mol.